The topological polar surface area (TPSA) is 79.0 Å². The van der Waals surface area contributed by atoms with Crippen LogP contribution in [0.2, 0.25) is 0 Å². The fourth-order valence-corrected chi connectivity index (χ4v) is 4.61. The van der Waals surface area contributed by atoms with Gasteiger partial charge in [0.2, 0.25) is 5.91 Å². The molecule has 0 aliphatic carbocycles. The number of nitrogens with zero attached hydrogens (tertiary/aromatic N) is 2. The first kappa shape index (κ1) is 25.2. The molecule has 5 rings (SSSR count). The molecule has 2 heterocycles. The molecule has 2 aliphatic heterocycles. The number of amides is 3. The summed E-state index contributed by atoms with van der Waals surface area (Å²) in [6.45, 7) is 1.99. The summed E-state index contributed by atoms with van der Waals surface area (Å²) in [6.07, 6.45) is 3.83. The quantitative estimate of drug-likeness (QED) is 0.355. The zero-order chi connectivity index (χ0) is 26.5. The lowest BCUT2D eigenvalue weighted by atomic mass is 10.1. The highest BCUT2D eigenvalue weighted by Crippen LogP contribution is 2.36. The predicted molar refractivity (Wildman–Crippen MR) is 142 cm³/mol. The molecule has 2 aliphatic rings. The summed E-state index contributed by atoms with van der Waals surface area (Å²) in [6, 6.07) is 20.4. The molecule has 3 aromatic rings. The number of nitrogens with one attached hydrogen (secondary N) is 1. The van der Waals surface area contributed by atoms with Gasteiger partial charge in [-0.2, -0.15) is 0 Å². The van der Waals surface area contributed by atoms with E-state index in [4.69, 9.17) is 4.74 Å². The van der Waals surface area contributed by atoms with Gasteiger partial charge in [0, 0.05) is 37.2 Å². The van der Waals surface area contributed by atoms with Crippen LogP contribution >= 0.6 is 0 Å². The van der Waals surface area contributed by atoms with Crippen LogP contribution in [0.1, 0.15) is 40.7 Å². The Morgan fingerprint density at radius 2 is 1.76 bits per heavy atom. The van der Waals surface area contributed by atoms with Crippen molar-refractivity contribution in [3.8, 4) is 5.75 Å². The summed E-state index contributed by atoms with van der Waals surface area (Å²) in [5.41, 5.74) is 2.15. The van der Waals surface area contributed by atoms with Gasteiger partial charge >= 0.3 is 0 Å². The van der Waals surface area contributed by atoms with E-state index in [9.17, 15) is 18.8 Å². The van der Waals surface area contributed by atoms with Gasteiger partial charge in [-0.15, -0.1) is 0 Å². The van der Waals surface area contributed by atoms with Crippen LogP contribution in [0.5, 0.6) is 5.75 Å². The minimum absolute atomic E-state index is 0.0637. The fraction of sp³-hybridized carbons (Fsp3) is 0.233. The maximum Gasteiger partial charge on any atom is 0.294 e. The molecule has 194 valence electrons. The van der Waals surface area contributed by atoms with Gasteiger partial charge in [-0.3, -0.25) is 19.3 Å². The molecule has 0 unspecified atom stereocenters. The smallest absolute Gasteiger partial charge is 0.294 e. The van der Waals surface area contributed by atoms with Gasteiger partial charge in [-0.1, -0.05) is 42.5 Å². The third kappa shape index (κ3) is 5.59. The number of hydrogen-bond donors (Lipinski definition) is 1. The number of ether oxygens (including phenoxy) is 1. The van der Waals surface area contributed by atoms with E-state index in [0.717, 1.165) is 13.0 Å². The highest BCUT2D eigenvalue weighted by atomic mass is 19.1. The Labute approximate surface area is 220 Å². The van der Waals surface area contributed by atoms with Crippen LogP contribution in [0.4, 0.5) is 10.1 Å². The lowest BCUT2D eigenvalue weighted by molar-refractivity contribution is -0.127. The highest BCUT2D eigenvalue weighted by Gasteiger charge is 2.30. The zero-order valence-corrected chi connectivity index (χ0v) is 20.9. The number of halogens is 1. The van der Waals surface area contributed by atoms with Gasteiger partial charge in [0.05, 0.1) is 12.2 Å². The molecule has 3 amide bonds. The van der Waals surface area contributed by atoms with Crippen LogP contribution in [0.3, 0.4) is 0 Å². The van der Waals surface area contributed by atoms with Gasteiger partial charge in [0.15, 0.2) is 11.5 Å². The number of fused-ring (bicyclic) bond motifs is 1. The molecule has 0 radical (unpaired) electrons. The Morgan fingerprint density at radius 3 is 2.53 bits per heavy atom. The SMILES string of the molecule is O=C(NCCCN1CCCC1=O)c1ccc(C=C2Oc3ccccc3N(Cc3ccccc3F)C2=O)cc1. The average molecular weight is 514 g/mol. The fourth-order valence-electron chi connectivity index (χ4n) is 4.61. The normalized spacial score (nSPS) is 16.0. The van der Waals surface area contributed by atoms with Crippen molar-refractivity contribution in [2.45, 2.75) is 25.8 Å². The van der Waals surface area contributed by atoms with E-state index < -0.39 is 0 Å². The van der Waals surface area contributed by atoms with Crippen molar-refractivity contribution in [3.63, 3.8) is 0 Å². The van der Waals surface area contributed by atoms with Crippen molar-refractivity contribution in [2.24, 2.45) is 0 Å². The number of carbonyl (C=O) groups is 3. The zero-order valence-electron chi connectivity index (χ0n) is 20.9. The van der Waals surface area contributed by atoms with Crippen LogP contribution in [-0.4, -0.2) is 42.3 Å². The molecule has 3 aromatic carbocycles. The van der Waals surface area contributed by atoms with Crippen molar-refractivity contribution in [2.75, 3.05) is 24.5 Å². The maximum absolute atomic E-state index is 14.3. The van der Waals surface area contributed by atoms with E-state index in [1.54, 1.807) is 66.7 Å². The number of para-hydroxylation sites is 2. The number of carbonyl (C=O) groups excluding carboxylic acids is 3. The Kier molecular flexibility index (Phi) is 7.49. The highest BCUT2D eigenvalue weighted by molar-refractivity contribution is 6.09. The van der Waals surface area contributed by atoms with Gasteiger partial charge in [0.1, 0.15) is 5.82 Å². The van der Waals surface area contributed by atoms with Crippen molar-refractivity contribution in [1.29, 1.82) is 0 Å². The van der Waals surface area contributed by atoms with Gasteiger partial charge < -0.3 is 15.0 Å². The summed E-state index contributed by atoms with van der Waals surface area (Å²) in [4.78, 5) is 40.9. The standard InChI is InChI=1S/C30H28FN3O4/c31-24-8-2-1-7-23(24)20-34-25-9-3-4-10-26(25)38-27(30(34)37)19-21-12-14-22(15-13-21)29(36)32-16-6-18-33-17-5-11-28(33)35/h1-4,7-10,12-15,19H,5-6,11,16-18,20H2,(H,32,36). The molecule has 0 saturated carbocycles. The Hall–Kier alpha value is -4.46. The second kappa shape index (κ2) is 11.3. The molecule has 1 N–H and O–H groups in total. The molecule has 38 heavy (non-hydrogen) atoms. The van der Waals surface area contributed by atoms with Crippen LogP contribution in [0.25, 0.3) is 6.08 Å². The Balaban J connectivity index is 1.26. The summed E-state index contributed by atoms with van der Waals surface area (Å²) >= 11 is 0. The van der Waals surface area contributed by atoms with E-state index in [2.05, 4.69) is 5.32 Å². The minimum Gasteiger partial charge on any atom is -0.449 e. The van der Waals surface area contributed by atoms with Gasteiger partial charge in [0.25, 0.3) is 11.8 Å². The molecule has 0 spiro atoms. The first-order valence-electron chi connectivity index (χ1n) is 12.7. The number of likely N-dealkylation sites (tertiary alicyclic amines) is 1. The van der Waals surface area contributed by atoms with Gasteiger partial charge in [-0.05, 0) is 54.8 Å². The molecule has 8 heteroatoms. The average Bonchev–Trinajstić information content (AvgIpc) is 3.34. The third-order valence-electron chi connectivity index (χ3n) is 6.65. The lowest BCUT2D eigenvalue weighted by Gasteiger charge is -2.30. The minimum atomic E-state index is -0.384. The summed E-state index contributed by atoms with van der Waals surface area (Å²) in [5, 5.41) is 2.88. The summed E-state index contributed by atoms with van der Waals surface area (Å²) in [7, 11) is 0. The van der Waals surface area contributed by atoms with Crippen molar-refractivity contribution < 1.29 is 23.5 Å². The van der Waals surface area contributed by atoms with E-state index in [0.29, 0.717) is 54.1 Å². The molecule has 0 bridgehead atoms. The van der Waals surface area contributed by atoms with E-state index in [1.165, 1.54) is 11.0 Å². The molecular formula is C30H28FN3O4. The number of anilines is 1. The predicted octanol–water partition coefficient (Wildman–Crippen LogP) is 4.53. The third-order valence-corrected chi connectivity index (χ3v) is 6.65. The lowest BCUT2D eigenvalue weighted by Crippen LogP contribution is -2.37. The van der Waals surface area contributed by atoms with E-state index in [1.807, 2.05) is 11.0 Å². The number of hydrogen-bond acceptors (Lipinski definition) is 4. The largest absolute Gasteiger partial charge is 0.449 e. The molecule has 7 nitrogen and oxygen atoms in total. The second-order valence-electron chi connectivity index (χ2n) is 9.28. The maximum atomic E-state index is 14.3. The molecule has 1 fully saturated rings. The van der Waals surface area contributed by atoms with Gasteiger partial charge in [-0.25, -0.2) is 4.39 Å². The van der Waals surface area contributed by atoms with Crippen molar-refractivity contribution >= 4 is 29.5 Å². The first-order valence-corrected chi connectivity index (χ1v) is 12.7. The summed E-state index contributed by atoms with van der Waals surface area (Å²) in [5.74, 6) is -0.180. The van der Waals surface area contributed by atoms with Crippen molar-refractivity contribution in [1.82, 2.24) is 10.2 Å². The van der Waals surface area contributed by atoms with E-state index >= 15 is 0 Å². The van der Waals surface area contributed by atoms with Crippen LogP contribution < -0.4 is 15.0 Å². The first-order chi connectivity index (χ1) is 18.5. The number of benzene rings is 3. The summed E-state index contributed by atoms with van der Waals surface area (Å²) < 4.78 is 20.3. The monoisotopic (exact) mass is 513 g/mol. The molecular weight excluding hydrogens is 485 g/mol. The number of rotatable bonds is 8. The van der Waals surface area contributed by atoms with Crippen molar-refractivity contribution in [3.05, 3.63) is 101 Å². The van der Waals surface area contributed by atoms with E-state index in [-0.39, 0.29) is 35.8 Å². The molecule has 0 atom stereocenters. The molecule has 1 saturated heterocycles. The second-order valence-corrected chi connectivity index (χ2v) is 9.28. The van der Waals surface area contributed by atoms with Crippen LogP contribution in [-0.2, 0) is 16.1 Å². The van der Waals surface area contributed by atoms with Crippen LogP contribution in [0.15, 0.2) is 78.6 Å². The van der Waals surface area contributed by atoms with Crippen LogP contribution in [0, 0.1) is 5.82 Å². The molecule has 0 aromatic heterocycles. The Morgan fingerprint density at radius 1 is 1.00 bits per heavy atom. The Bertz CT molecular complexity index is 1390.